The minimum absolute atomic E-state index is 0.933. The van der Waals surface area contributed by atoms with Crippen molar-refractivity contribution in [2.24, 2.45) is 4.40 Å². The van der Waals surface area contributed by atoms with Crippen LogP contribution in [0, 0.1) is 0 Å². The first kappa shape index (κ1) is 5.91. The van der Waals surface area contributed by atoms with E-state index in [0.29, 0.717) is 0 Å². The molecular formula is C4H9N3S. The van der Waals surface area contributed by atoms with Crippen molar-refractivity contribution in [1.29, 1.82) is 0 Å². The van der Waals surface area contributed by atoms with E-state index in [-0.39, 0.29) is 0 Å². The lowest BCUT2D eigenvalue weighted by molar-refractivity contribution is 0.399. The first-order chi connectivity index (χ1) is 3.84. The van der Waals surface area contributed by atoms with Gasteiger partial charge in [0.2, 0.25) is 0 Å². The molecule has 46 valence electrons. The summed E-state index contributed by atoms with van der Waals surface area (Å²) in [5.74, 6) is 1.99. The van der Waals surface area contributed by atoms with Crippen LogP contribution in [0.25, 0.3) is 0 Å². The third kappa shape index (κ3) is 0.952. The molecule has 0 fully saturated rings. The Hall–Kier alpha value is -0.220. The van der Waals surface area contributed by atoms with Gasteiger partial charge in [0.15, 0.2) is 0 Å². The third-order valence-electron chi connectivity index (χ3n) is 1.04. The second-order valence-corrected chi connectivity index (χ2v) is 2.25. The van der Waals surface area contributed by atoms with Gasteiger partial charge in [-0.25, -0.2) is 9.82 Å². The molecule has 0 aromatic heterocycles. The first-order valence-corrected chi connectivity index (χ1v) is 3.40. The van der Waals surface area contributed by atoms with Gasteiger partial charge < -0.3 is 0 Å². The van der Waals surface area contributed by atoms with Crippen LogP contribution in [-0.4, -0.2) is 23.8 Å². The Bertz CT molecular complexity index is 112. The molecule has 0 radical (unpaired) electrons. The minimum atomic E-state index is 0.933. The van der Waals surface area contributed by atoms with Crippen LogP contribution in [0.15, 0.2) is 4.40 Å². The predicted molar refractivity (Wildman–Crippen MR) is 36.5 cm³/mol. The Morgan fingerprint density at radius 2 is 2.62 bits per heavy atom. The van der Waals surface area contributed by atoms with Crippen LogP contribution in [0.3, 0.4) is 0 Å². The van der Waals surface area contributed by atoms with Gasteiger partial charge in [-0.3, -0.25) is 5.01 Å². The zero-order valence-electron chi connectivity index (χ0n) is 5.01. The fourth-order valence-corrected chi connectivity index (χ4v) is 1.32. The van der Waals surface area contributed by atoms with E-state index >= 15 is 0 Å². The smallest absolute Gasteiger partial charge is 0.124 e. The van der Waals surface area contributed by atoms with Crippen molar-refractivity contribution < 1.29 is 0 Å². The summed E-state index contributed by atoms with van der Waals surface area (Å²) >= 11 is 1.57. The van der Waals surface area contributed by atoms with Gasteiger partial charge >= 0.3 is 0 Å². The largest absolute Gasteiger partial charge is 0.284 e. The third-order valence-corrected chi connectivity index (χ3v) is 1.81. The molecule has 0 aromatic carbocycles. The fourth-order valence-electron chi connectivity index (χ4n) is 0.549. The van der Waals surface area contributed by atoms with Crippen molar-refractivity contribution in [3.05, 3.63) is 0 Å². The van der Waals surface area contributed by atoms with Crippen molar-refractivity contribution in [2.75, 3.05) is 12.9 Å². The molecule has 3 nitrogen and oxygen atoms in total. The summed E-state index contributed by atoms with van der Waals surface area (Å²) in [4.78, 5) is 0. The van der Waals surface area contributed by atoms with Crippen LogP contribution in [0.4, 0.5) is 0 Å². The van der Waals surface area contributed by atoms with E-state index in [1.54, 1.807) is 11.9 Å². The normalized spacial score (nSPS) is 19.2. The highest BCUT2D eigenvalue weighted by Crippen LogP contribution is 2.12. The maximum Gasteiger partial charge on any atom is 0.124 e. The van der Waals surface area contributed by atoms with Gasteiger partial charge in [0, 0.05) is 7.05 Å². The molecule has 1 rings (SSSR count). The fraction of sp³-hybridized carbons (Fsp3) is 0.750. The molecule has 0 aliphatic carbocycles. The maximum atomic E-state index is 4.09. The lowest BCUT2D eigenvalue weighted by Crippen LogP contribution is -2.35. The van der Waals surface area contributed by atoms with Gasteiger partial charge in [0.05, 0.1) is 0 Å². The van der Waals surface area contributed by atoms with Gasteiger partial charge in [0.1, 0.15) is 11.7 Å². The highest BCUT2D eigenvalue weighted by atomic mass is 32.2. The SMILES string of the molecule is CNN1CSN=C1C. The Balaban J connectivity index is 2.46. The van der Waals surface area contributed by atoms with Crippen LogP contribution in [0.2, 0.25) is 0 Å². The lowest BCUT2D eigenvalue weighted by Gasteiger charge is -2.13. The van der Waals surface area contributed by atoms with Gasteiger partial charge in [-0.15, -0.1) is 0 Å². The molecule has 1 heterocycles. The van der Waals surface area contributed by atoms with E-state index in [2.05, 4.69) is 9.82 Å². The highest BCUT2D eigenvalue weighted by Gasteiger charge is 2.09. The Morgan fingerprint density at radius 1 is 1.88 bits per heavy atom. The van der Waals surface area contributed by atoms with Crippen LogP contribution >= 0.6 is 11.9 Å². The number of amidine groups is 1. The highest BCUT2D eigenvalue weighted by molar-refractivity contribution is 7.98. The van der Waals surface area contributed by atoms with E-state index < -0.39 is 0 Å². The molecule has 0 unspecified atom stereocenters. The van der Waals surface area contributed by atoms with E-state index in [0.717, 1.165) is 11.7 Å². The standard InChI is InChI=1S/C4H9N3S/c1-4-6-8-3-7(4)5-2/h5H,3H2,1-2H3. The molecule has 0 atom stereocenters. The maximum absolute atomic E-state index is 4.09. The van der Waals surface area contributed by atoms with Crippen molar-refractivity contribution in [3.8, 4) is 0 Å². The molecule has 4 heteroatoms. The summed E-state index contributed by atoms with van der Waals surface area (Å²) in [6.07, 6.45) is 0. The molecule has 0 spiro atoms. The van der Waals surface area contributed by atoms with E-state index in [9.17, 15) is 0 Å². The molecule has 8 heavy (non-hydrogen) atoms. The molecular weight excluding hydrogens is 122 g/mol. The van der Waals surface area contributed by atoms with Crippen LogP contribution < -0.4 is 5.43 Å². The van der Waals surface area contributed by atoms with Gasteiger partial charge in [0.25, 0.3) is 0 Å². The van der Waals surface area contributed by atoms with Crippen molar-refractivity contribution >= 4 is 17.8 Å². The lowest BCUT2D eigenvalue weighted by atomic mass is 10.7. The van der Waals surface area contributed by atoms with Crippen molar-refractivity contribution in [2.45, 2.75) is 6.92 Å². The first-order valence-electron chi connectivity index (χ1n) is 2.46. The number of hydrazine groups is 1. The number of rotatable bonds is 1. The topological polar surface area (TPSA) is 27.6 Å². The summed E-state index contributed by atoms with van der Waals surface area (Å²) < 4.78 is 4.09. The Morgan fingerprint density at radius 3 is 2.88 bits per heavy atom. The molecule has 1 aliphatic heterocycles. The molecule has 0 amide bonds. The monoisotopic (exact) mass is 131 g/mol. The summed E-state index contributed by atoms with van der Waals surface area (Å²) in [6, 6.07) is 0. The van der Waals surface area contributed by atoms with E-state index in [1.807, 2.05) is 19.0 Å². The van der Waals surface area contributed by atoms with E-state index in [4.69, 9.17) is 0 Å². The number of nitrogens with one attached hydrogen (secondary N) is 1. The van der Waals surface area contributed by atoms with Gasteiger partial charge in [-0.05, 0) is 18.9 Å². The molecule has 0 saturated heterocycles. The van der Waals surface area contributed by atoms with Crippen LogP contribution in [0.5, 0.6) is 0 Å². The zero-order chi connectivity index (χ0) is 5.98. The van der Waals surface area contributed by atoms with E-state index in [1.165, 1.54) is 0 Å². The summed E-state index contributed by atoms with van der Waals surface area (Å²) in [7, 11) is 1.89. The van der Waals surface area contributed by atoms with Crippen molar-refractivity contribution in [3.63, 3.8) is 0 Å². The number of nitrogens with zero attached hydrogens (tertiary/aromatic N) is 2. The van der Waals surface area contributed by atoms with Crippen LogP contribution in [-0.2, 0) is 0 Å². The molecule has 0 bridgehead atoms. The average molecular weight is 131 g/mol. The van der Waals surface area contributed by atoms with Crippen LogP contribution in [0.1, 0.15) is 6.92 Å². The second kappa shape index (κ2) is 2.37. The second-order valence-electron chi connectivity index (χ2n) is 1.55. The average Bonchev–Trinajstić information content (AvgIpc) is 2.14. The Kier molecular flexibility index (Phi) is 1.75. The molecule has 0 saturated carbocycles. The van der Waals surface area contributed by atoms with Crippen molar-refractivity contribution in [1.82, 2.24) is 10.4 Å². The zero-order valence-corrected chi connectivity index (χ0v) is 5.83. The molecule has 1 aliphatic rings. The summed E-state index contributed by atoms with van der Waals surface area (Å²) in [6.45, 7) is 1.98. The molecule has 1 N–H and O–H groups in total. The summed E-state index contributed by atoms with van der Waals surface area (Å²) in [5, 5.41) is 1.99. The molecule has 0 aromatic rings. The number of hydrogen-bond acceptors (Lipinski definition) is 4. The van der Waals surface area contributed by atoms with Gasteiger partial charge in [-0.1, -0.05) is 0 Å². The number of hydrogen-bond donors (Lipinski definition) is 1. The quantitative estimate of drug-likeness (QED) is 0.524. The summed E-state index contributed by atoms with van der Waals surface area (Å²) in [5.41, 5.74) is 3.00. The Labute approximate surface area is 53.3 Å². The predicted octanol–water partition coefficient (Wildman–Crippen LogP) is 0.460. The van der Waals surface area contributed by atoms with Gasteiger partial charge in [-0.2, -0.15) is 0 Å². The minimum Gasteiger partial charge on any atom is -0.284 e.